The summed E-state index contributed by atoms with van der Waals surface area (Å²) in [5.74, 6) is -2.51. The molecular formula is C17H13ClN3O2+. The summed E-state index contributed by atoms with van der Waals surface area (Å²) in [7, 11) is 0. The van der Waals surface area contributed by atoms with Crippen LogP contribution in [0.2, 0.25) is 5.02 Å². The van der Waals surface area contributed by atoms with Crippen molar-refractivity contribution in [3.8, 4) is 6.07 Å². The SMILES string of the molecule is N#C[C@@H]1C(=O)NC(=O)[C@@H]([n+]2ccccc2)[C@H]1c1ccc(Cl)cc1. The fraction of sp³-hybridized carbons (Fsp3) is 0.176. The van der Waals surface area contributed by atoms with Crippen LogP contribution in [0, 0.1) is 17.2 Å². The number of halogens is 1. The van der Waals surface area contributed by atoms with Crippen LogP contribution in [0.1, 0.15) is 17.5 Å². The summed E-state index contributed by atoms with van der Waals surface area (Å²) in [5.41, 5.74) is 0.727. The van der Waals surface area contributed by atoms with Crippen molar-refractivity contribution in [1.29, 1.82) is 5.26 Å². The van der Waals surface area contributed by atoms with Gasteiger partial charge >= 0.3 is 0 Å². The van der Waals surface area contributed by atoms with E-state index in [1.165, 1.54) is 0 Å². The number of rotatable bonds is 2. The van der Waals surface area contributed by atoms with Crippen LogP contribution in [-0.2, 0) is 9.59 Å². The Hall–Kier alpha value is -2.71. The lowest BCUT2D eigenvalue weighted by Crippen LogP contribution is -2.59. The number of carbonyl (C=O) groups excluding carboxylic acids is 2. The number of hydrogen-bond donors (Lipinski definition) is 1. The van der Waals surface area contributed by atoms with Gasteiger partial charge in [-0.1, -0.05) is 29.8 Å². The van der Waals surface area contributed by atoms with Gasteiger partial charge in [0.2, 0.25) is 11.9 Å². The average molecular weight is 327 g/mol. The number of benzene rings is 1. The van der Waals surface area contributed by atoms with Crippen molar-refractivity contribution in [2.24, 2.45) is 5.92 Å². The zero-order chi connectivity index (χ0) is 16.4. The molecule has 2 aromatic rings. The molecule has 0 saturated carbocycles. The largest absolute Gasteiger partial charge is 0.296 e. The lowest BCUT2D eigenvalue weighted by molar-refractivity contribution is -0.713. The standard InChI is InChI=1S/C17H12ClN3O2/c18-12-6-4-11(5-7-12)14-13(10-19)16(22)20-17(23)15(14)21-8-2-1-3-9-21/h1-9,13-15H/p+1/t13-,14-,15-/m0/s1. The minimum atomic E-state index is -0.952. The van der Waals surface area contributed by atoms with E-state index in [9.17, 15) is 14.9 Å². The van der Waals surface area contributed by atoms with E-state index in [0.29, 0.717) is 5.02 Å². The first-order valence-corrected chi connectivity index (χ1v) is 7.45. The Bertz CT molecular complexity index is 784. The minimum absolute atomic E-state index is 0.419. The Labute approximate surface area is 138 Å². The maximum Gasteiger partial charge on any atom is 0.296 e. The Balaban J connectivity index is 2.13. The fourth-order valence-electron chi connectivity index (χ4n) is 2.90. The Morgan fingerprint density at radius 1 is 1.04 bits per heavy atom. The van der Waals surface area contributed by atoms with Gasteiger partial charge in [0.05, 0.1) is 12.0 Å². The van der Waals surface area contributed by atoms with Crippen molar-refractivity contribution in [2.45, 2.75) is 12.0 Å². The van der Waals surface area contributed by atoms with Crippen LogP contribution in [-0.4, -0.2) is 11.8 Å². The summed E-state index contributed by atoms with van der Waals surface area (Å²) >= 11 is 5.92. The van der Waals surface area contributed by atoms with E-state index in [-0.39, 0.29) is 0 Å². The van der Waals surface area contributed by atoms with E-state index < -0.39 is 29.7 Å². The molecule has 1 saturated heterocycles. The van der Waals surface area contributed by atoms with Gasteiger partial charge in [-0.05, 0) is 17.7 Å². The average Bonchev–Trinajstić information content (AvgIpc) is 2.56. The summed E-state index contributed by atoms with van der Waals surface area (Å²) in [5, 5.41) is 12.3. The molecule has 2 amide bonds. The maximum atomic E-state index is 12.4. The normalized spacial score (nSPS) is 23.9. The van der Waals surface area contributed by atoms with Crippen LogP contribution in [0.3, 0.4) is 0 Å². The summed E-state index contributed by atoms with van der Waals surface area (Å²) in [6, 6.07) is 13.7. The molecular weight excluding hydrogens is 314 g/mol. The number of aromatic nitrogens is 1. The van der Waals surface area contributed by atoms with Crippen LogP contribution in [0.4, 0.5) is 0 Å². The predicted molar refractivity (Wildman–Crippen MR) is 82.1 cm³/mol. The summed E-state index contributed by atoms with van der Waals surface area (Å²) in [4.78, 5) is 24.5. The third-order valence-corrected chi connectivity index (χ3v) is 4.20. The lowest BCUT2D eigenvalue weighted by atomic mass is 9.77. The third kappa shape index (κ3) is 2.81. The molecule has 1 fully saturated rings. The molecule has 0 aliphatic carbocycles. The highest BCUT2D eigenvalue weighted by atomic mass is 35.5. The van der Waals surface area contributed by atoms with Gasteiger partial charge < -0.3 is 0 Å². The number of piperidine rings is 1. The first kappa shape index (κ1) is 15.2. The number of pyridine rings is 1. The van der Waals surface area contributed by atoms with E-state index >= 15 is 0 Å². The monoisotopic (exact) mass is 326 g/mol. The molecule has 0 bridgehead atoms. The minimum Gasteiger partial charge on any atom is -0.289 e. The zero-order valence-corrected chi connectivity index (χ0v) is 12.8. The second-order valence-electron chi connectivity index (χ2n) is 5.31. The first-order valence-electron chi connectivity index (χ1n) is 7.07. The fourth-order valence-corrected chi connectivity index (χ4v) is 3.02. The van der Waals surface area contributed by atoms with Gasteiger partial charge in [0, 0.05) is 17.2 Å². The van der Waals surface area contributed by atoms with Gasteiger partial charge in [-0.2, -0.15) is 9.83 Å². The van der Waals surface area contributed by atoms with Crippen molar-refractivity contribution in [3.05, 3.63) is 65.4 Å². The Kier molecular flexibility index (Phi) is 4.09. The van der Waals surface area contributed by atoms with E-state index in [4.69, 9.17) is 11.6 Å². The number of imide groups is 1. The predicted octanol–water partition coefficient (Wildman–Crippen LogP) is 1.75. The van der Waals surface area contributed by atoms with Gasteiger partial charge in [0.1, 0.15) is 5.92 Å². The highest BCUT2D eigenvalue weighted by Crippen LogP contribution is 2.36. The van der Waals surface area contributed by atoms with Crippen LogP contribution in [0.15, 0.2) is 54.9 Å². The third-order valence-electron chi connectivity index (χ3n) is 3.95. The number of hydrogen-bond acceptors (Lipinski definition) is 3. The van der Waals surface area contributed by atoms with Crippen molar-refractivity contribution in [1.82, 2.24) is 5.32 Å². The summed E-state index contributed by atoms with van der Waals surface area (Å²) in [6.45, 7) is 0. The molecule has 1 aromatic carbocycles. The highest BCUT2D eigenvalue weighted by Gasteiger charge is 2.50. The molecule has 6 heteroatoms. The van der Waals surface area contributed by atoms with E-state index in [1.54, 1.807) is 53.4 Å². The molecule has 3 rings (SSSR count). The van der Waals surface area contributed by atoms with Crippen molar-refractivity contribution in [2.75, 3.05) is 0 Å². The number of amides is 2. The quantitative estimate of drug-likeness (QED) is 0.675. The second-order valence-corrected chi connectivity index (χ2v) is 5.74. The summed E-state index contributed by atoms with van der Waals surface area (Å²) in [6.07, 6.45) is 3.49. The molecule has 0 radical (unpaired) electrons. The number of nitrogens with zero attached hydrogens (tertiary/aromatic N) is 2. The summed E-state index contributed by atoms with van der Waals surface area (Å²) < 4.78 is 1.71. The van der Waals surface area contributed by atoms with Crippen LogP contribution >= 0.6 is 11.6 Å². The van der Waals surface area contributed by atoms with Gasteiger partial charge in [0.25, 0.3) is 5.91 Å². The maximum absolute atomic E-state index is 12.4. The zero-order valence-electron chi connectivity index (χ0n) is 12.0. The Morgan fingerprint density at radius 3 is 2.30 bits per heavy atom. The van der Waals surface area contributed by atoms with Crippen LogP contribution in [0.25, 0.3) is 0 Å². The number of carbonyl (C=O) groups is 2. The van der Waals surface area contributed by atoms with Gasteiger partial charge in [-0.3, -0.25) is 14.9 Å². The Morgan fingerprint density at radius 2 is 1.70 bits per heavy atom. The van der Waals surface area contributed by atoms with Crippen LogP contribution < -0.4 is 9.88 Å². The first-order chi connectivity index (χ1) is 11.1. The van der Waals surface area contributed by atoms with Gasteiger partial charge in [-0.25, -0.2) is 0 Å². The van der Waals surface area contributed by atoms with E-state index in [0.717, 1.165) is 5.56 Å². The molecule has 114 valence electrons. The lowest BCUT2D eigenvalue weighted by Gasteiger charge is -2.30. The number of nitriles is 1. The second kappa shape index (κ2) is 6.19. The topological polar surface area (TPSA) is 73.8 Å². The van der Waals surface area contributed by atoms with E-state index in [2.05, 4.69) is 5.32 Å². The molecule has 1 aromatic heterocycles. The molecule has 0 spiro atoms. The number of nitrogens with one attached hydrogen (secondary N) is 1. The molecule has 1 N–H and O–H groups in total. The molecule has 1 aliphatic heterocycles. The van der Waals surface area contributed by atoms with Gasteiger partial charge in [-0.15, -0.1) is 0 Å². The molecule has 2 heterocycles. The van der Waals surface area contributed by atoms with Gasteiger partial charge in [0.15, 0.2) is 12.4 Å². The van der Waals surface area contributed by atoms with Crippen molar-refractivity contribution in [3.63, 3.8) is 0 Å². The smallest absolute Gasteiger partial charge is 0.289 e. The molecule has 23 heavy (non-hydrogen) atoms. The van der Waals surface area contributed by atoms with Crippen molar-refractivity contribution >= 4 is 23.4 Å². The van der Waals surface area contributed by atoms with Crippen molar-refractivity contribution < 1.29 is 14.2 Å². The molecule has 3 atom stereocenters. The van der Waals surface area contributed by atoms with E-state index in [1.807, 2.05) is 12.1 Å². The highest BCUT2D eigenvalue weighted by molar-refractivity contribution is 6.30. The molecule has 5 nitrogen and oxygen atoms in total. The molecule has 0 unspecified atom stereocenters. The van der Waals surface area contributed by atoms with Crippen LogP contribution in [0.5, 0.6) is 0 Å². The molecule has 1 aliphatic rings.